The van der Waals surface area contributed by atoms with Gasteiger partial charge in [0.1, 0.15) is 0 Å². The van der Waals surface area contributed by atoms with Crippen molar-refractivity contribution in [3.05, 3.63) is 0 Å². The quantitative estimate of drug-likeness (QED) is 0.742. The summed E-state index contributed by atoms with van der Waals surface area (Å²) in [5.41, 5.74) is 0. The van der Waals surface area contributed by atoms with Crippen LogP contribution in [-0.2, 0) is 9.47 Å². The van der Waals surface area contributed by atoms with Crippen molar-refractivity contribution in [3.63, 3.8) is 0 Å². The molecule has 3 fully saturated rings. The monoisotopic (exact) mass is 338 g/mol. The SMILES string of the molecule is C[C@@H]1CN(CC[C@@H]2CCCCO2)C[C@H](C)N1CC[C@H]1CCCCO1. The second-order valence-corrected chi connectivity index (χ2v) is 8.25. The molecule has 24 heavy (non-hydrogen) atoms. The van der Waals surface area contributed by atoms with Crippen molar-refractivity contribution >= 4 is 0 Å². The summed E-state index contributed by atoms with van der Waals surface area (Å²) in [6.07, 6.45) is 11.2. The lowest BCUT2D eigenvalue weighted by atomic mass is 10.0. The molecule has 0 unspecified atom stereocenters. The summed E-state index contributed by atoms with van der Waals surface area (Å²) < 4.78 is 11.8. The van der Waals surface area contributed by atoms with Crippen LogP contribution < -0.4 is 0 Å². The van der Waals surface area contributed by atoms with Crippen LogP contribution in [0.15, 0.2) is 0 Å². The maximum Gasteiger partial charge on any atom is 0.0587 e. The van der Waals surface area contributed by atoms with Gasteiger partial charge in [-0.15, -0.1) is 0 Å². The Balaban J connectivity index is 1.38. The smallest absolute Gasteiger partial charge is 0.0587 e. The lowest BCUT2D eigenvalue weighted by molar-refractivity contribution is -0.0212. The third-order valence-electron chi connectivity index (χ3n) is 6.20. The van der Waals surface area contributed by atoms with E-state index in [-0.39, 0.29) is 0 Å². The van der Waals surface area contributed by atoms with Gasteiger partial charge in [0.05, 0.1) is 12.2 Å². The Labute approximate surface area is 148 Å². The number of hydrogen-bond donors (Lipinski definition) is 0. The van der Waals surface area contributed by atoms with Crippen LogP contribution in [0, 0.1) is 0 Å². The van der Waals surface area contributed by atoms with E-state index in [2.05, 4.69) is 23.6 Å². The van der Waals surface area contributed by atoms with Gasteiger partial charge in [0.2, 0.25) is 0 Å². The first-order valence-corrected chi connectivity index (χ1v) is 10.4. The zero-order valence-corrected chi connectivity index (χ0v) is 15.9. The summed E-state index contributed by atoms with van der Waals surface area (Å²) in [7, 11) is 0. The first-order valence-electron chi connectivity index (χ1n) is 10.4. The van der Waals surface area contributed by atoms with E-state index in [0.29, 0.717) is 24.3 Å². The average Bonchev–Trinajstić information content (AvgIpc) is 2.61. The van der Waals surface area contributed by atoms with Crippen LogP contribution in [0.3, 0.4) is 0 Å². The molecule has 3 saturated heterocycles. The van der Waals surface area contributed by atoms with E-state index in [1.807, 2.05) is 0 Å². The molecule has 3 rings (SSSR count). The minimum absolute atomic E-state index is 0.514. The fourth-order valence-corrected chi connectivity index (χ4v) is 4.78. The van der Waals surface area contributed by atoms with E-state index in [1.165, 1.54) is 77.5 Å². The molecular formula is C20H38N2O2. The number of piperazine rings is 1. The van der Waals surface area contributed by atoms with Gasteiger partial charge >= 0.3 is 0 Å². The highest BCUT2D eigenvalue weighted by atomic mass is 16.5. The minimum Gasteiger partial charge on any atom is -0.378 e. The van der Waals surface area contributed by atoms with Gasteiger partial charge in [-0.2, -0.15) is 0 Å². The van der Waals surface area contributed by atoms with Gasteiger partial charge in [-0.25, -0.2) is 0 Å². The molecule has 0 spiro atoms. The highest BCUT2D eigenvalue weighted by Crippen LogP contribution is 2.22. The van der Waals surface area contributed by atoms with Crippen LogP contribution >= 0.6 is 0 Å². The molecule has 0 aliphatic carbocycles. The molecule has 0 N–H and O–H groups in total. The average molecular weight is 339 g/mol. The van der Waals surface area contributed by atoms with Gasteiger partial charge in [0.25, 0.3) is 0 Å². The fourth-order valence-electron chi connectivity index (χ4n) is 4.78. The van der Waals surface area contributed by atoms with Crippen LogP contribution in [0.2, 0.25) is 0 Å². The summed E-state index contributed by atoms with van der Waals surface area (Å²) >= 11 is 0. The normalized spacial score (nSPS) is 36.8. The van der Waals surface area contributed by atoms with E-state index in [9.17, 15) is 0 Å². The van der Waals surface area contributed by atoms with E-state index in [1.54, 1.807) is 0 Å². The fraction of sp³-hybridized carbons (Fsp3) is 1.00. The molecule has 0 aromatic carbocycles. The first-order chi connectivity index (χ1) is 11.7. The highest BCUT2D eigenvalue weighted by Gasteiger charge is 2.30. The Morgan fingerprint density at radius 1 is 0.750 bits per heavy atom. The van der Waals surface area contributed by atoms with Gasteiger partial charge in [-0.05, 0) is 65.2 Å². The second kappa shape index (κ2) is 9.51. The van der Waals surface area contributed by atoms with Gasteiger partial charge in [0, 0.05) is 51.5 Å². The molecule has 0 aromatic rings. The molecule has 140 valence electrons. The molecule has 0 saturated carbocycles. The first kappa shape index (κ1) is 18.6. The molecule has 0 radical (unpaired) electrons. The lowest BCUT2D eigenvalue weighted by Crippen LogP contribution is -2.57. The summed E-state index contributed by atoms with van der Waals surface area (Å²) in [5, 5.41) is 0. The van der Waals surface area contributed by atoms with Crippen molar-refractivity contribution in [2.75, 3.05) is 39.4 Å². The van der Waals surface area contributed by atoms with Crippen LogP contribution in [0.5, 0.6) is 0 Å². The van der Waals surface area contributed by atoms with Crippen LogP contribution in [0.1, 0.15) is 65.2 Å². The standard InChI is InChI=1S/C20H38N2O2/c1-17-15-21(11-9-19-7-3-5-13-23-19)16-18(2)22(17)12-10-20-8-4-6-14-24-20/h17-20H,3-16H2,1-2H3/t17-,18+,19-,20+/m0/s1. The van der Waals surface area contributed by atoms with E-state index < -0.39 is 0 Å². The molecule has 0 aromatic heterocycles. The number of ether oxygens (including phenoxy) is 2. The Hall–Kier alpha value is -0.160. The molecule has 3 heterocycles. The van der Waals surface area contributed by atoms with Crippen molar-refractivity contribution in [2.24, 2.45) is 0 Å². The van der Waals surface area contributed by atoms with Crippen molar-refractivity contribution in [1.29, 1.82) is 0 Å². The van der Waals surface area contributed by atoms with Gasteiger partial charge in [-0.1, -0.05) is 0 Å². The maximum atomic E-state index is 5.92. The van der Waals surface area contributed by atoms with Gasteiger partial charge < -0.3 is 14.4 Å². The predicted molar refractivity (Wildman–Crippen MR) is 98.5 cm³/mol. The molecular weight excluding hydrogens is 300 g/mol. The second-order valence-electron chi connectivity index (χ2n) is 8.25. The molecule has 0 amide bonds. The topological polar surface area (TPSA) is 24.9 Å². The van der Waals surface area contributed by atoms with Crippen LogP contribution in [0.4, 0.5) is 0 Å². The van der Waals surface area contributed by atoms with Crippen LogP contribution in [0.25, 0.3) is 0 Å². The molecule has 4 atom stereocenters. The van der Waals surface area contributed by atoms with E-state index in [4.69, 9.17) is 9.47 Å². The molecule has 3 aliphatic heterocycles. The van der Waals surface area contributed by atoms with Crippen molar-refractivity contribution in [1.82, 2.24) is 9.80 Å². The third kappa shape index (κ3) is 5.42. The summed E-state index contributed by atoms with van der Waals surface area (Å²) in [4.78, 5) is 5.38. The Kier molecular flexibility index (Phi) is 7.38. The molecule has 3 aliphatic rings. The minimum atomic E-state index is 0.514. The number of hydrogen-bond acceptors (Lipinski definition) is 4. The van der Waals surface area contributed by atoms with Crippen LogP contribution in [-0.4, -0.2) is 73.5 Å². The Bertz CT molecular complexity index is 342. The zero-order chi connectivity index (χ0) is 16.8. The Morgan fingerprint density at radius 2 is 1.29 bits per heavy atom. The van der Waals surface area contributed by atoms with Crippen molar-refractivity contribution in [3.8, 4) is 0 Å². The van der Waals surface area contributed by atoms with E-state index >= 15 is 0 Å². The Morgan fingerprint density at radius 3 is 1.79 bits per heavy atom. The zero-order valence-electron chi connectivity index (χ0n) is 15.9. The molecule has 4 heteroatoms. The summed E-state index contributed by atoms with van der Waals surface area (Å²) in [6.45, 7) is 11.6. The third-order valence-corrected chi connectivity index (χ3v) is 6.20. The van der Waals surface area contributed by atoms with Gasteiger partial charge in [-0.3, -0.25) is 4.90 Å². The van der Waals surface area contributed by atoms with E-state index in [0.717, 1.165) is 13.2 Å². The number of nitrogens with zero attached hydrogens (tertiary/aromatic N) is 2. The highest BCUT2D eigenvalue weighted by molar-refractivity contribution is 4.86. The maximum absolute atomic E-state index is 5.92. The van der Waals surface area contributed by atoms with Crippen molar-refractivity contribution < 1.29 is 9.47 Å². The number of rotatable bonds is 6. The summed E-state index contributed by atoms with van der Waals surface area (Å²) in [6, 6.07) is 1.31. The summed E-state index contributed by atoms with van der Waals surface area (Å²) in [5.74, 6) is 0. The largest absolute Gasteiger partial charge is 0.378 e. The lowest BCUT2D eigenvalue weighted by Gasteiger charge is -2.45. The predicted octanol–water partition coefficient (Wildman–Crippen LogP) is 3.30. The van der Waals surface area contributed by atoms with Gasteiger partial charge in [0.15, 0.2) is 0 Å². The molecule has 0 bridgehead atoms. The molecule has 4 nitrogen and oxygen atoms in total. The van der Waals surface area contributed by atoms with Crippen molar-refractivity contribution in [2.45, 2.75) is 89.5 Å².